The van der Waals surface area contributed by atoms with Gasteiger partial charge >= 0.3 is 0 Å². The minimum Gasteiger partial charge on any atom is -0.385 e. The van der Waals surface area contributed by atoms with Crippen LogP contribution < -0.4 is 0 Å². The second kappa shape index (κ2) is 6.93. The standard InChI is InChI=1S/C15H19N5OS/c1-12-5-3-6-14-17-13(9-20(12)14)10-22-15-18-16-11-19(15)7-4-8-21-2/h3,5-6,9,11H,4,7-8,10H2,1-2H3. The van der Waals surface area contributed by atoms with E-state index in [2.05, 4.69) is 43.3 Å². The quantitative estimate of drug-likeness (QED) is 0.495. The zero-order valence-electron chi connectivity index (χ0n) is 12.8. The third-order valence-electron chi connectivity index (χ3n) is 3.42. The van der Waals surface area contributed by atoms with Crippen molar-refractivity contribution < 1.29 is 4.74 Å². The number of rotatable bonds is 7. The van der Waals surface area contributed by atoms with Gasteiger partial charge in [0.1, 0.15) is 12.0 Å². The van der Waals surface area contributed by atoms with Gasteiger partial charge in [-0.1, -0.05) is 17.8 Å². The normalized spacial score (nSPS) is 11.4. The molecule has 0 saturated carbocycles. The first-order chi connectivity index (χ1) is 10.8. The second-order valence-corrected chi connectivity index (χ2v) is 6.01. The van der Waals surface area contributed by atoms with Crippen LogP contribution >= 0.6 is 11.8 Å². The Hall–Kier alpha value is -1.86. The highest BCUT2D eigenvalue weighted by atomic mass is 32.2. The molecule has 7 heteroatoms. The fourth-order valence-electron chi connectivity index (χ4n) is 2.30. The van der Waals surface area contributed by atoms with Crippen LogP contribution in [0, 0.1) is 6.92 Å². The van der Waals surface area contributed by atoms with Crippen molar-refractivity contribution in [2.45, 2.75) is 30.8 Å². The van der Waals surface area contributed by atoms with Crippen molar-refractivity contribution >= 4 is 17.4 Å². The van der Waals surface area contributed by atoms with Gasteiger partial charge in [0.15, 0.2) is 5.16 Å². The first-order valence-electron chi connectivity index (χ1n) is 7.21. The summed E-state index contributed by atoms with van der Waals surface area (Å²) in [6.07, 6.45) is 4.81. The number of thioether (sulfide) groups is 1. The molecule has 0 aliphatic rings. The van der Waals surface area contributed by atoms with E-state index in [4.69, 9.17) is 4.74 Å². The van der Waals surface area contributed by atoms with Crippen LogP contribution in [0.25, 0.3) is 5.65 Å². The molecular weight excluding hydrogens is 298 g/mol. The van der Waals surface area contributed by atoms with Crippen LogP contribution in [-0.2, 0) is 17.0 Å². The van der Waals surface area contributed by atoms with Gasteiger partial charge in [-0.05, 0) is 25.5 Å². The molecule has 0 bridgehead atoms. The van der Waals surface area contributed by atoms with Gasteiger partial charge in [-0.25, -0.2) is 4.98 Å². The van der Waals surface area contributed by atoms with Gasteiger partial charge in [-0.2, -0.15) is 0 Å². The van der Waals surface area contributed by atoms with E-state index in [1.54, 1.807) is 25.2 Å². The number of fused-ring (bicyclic) bond motifs is 1. The third-order valence-corrected chi connectivity index (χ3v) is 4.44. The summed E-state index contributed by atoms with van der Waals surface area (Å²) >= 11 is 1.66. The fourth-order valence-corrected chi connectivity index (χ4v) is 3.12. The Labute approximate surface area is 133 Å². The van der Waals surface area contributed by atoms with E-state index in [1.165, 1.54) is 5.69 Å². The van der Waals surface area contributed by atoms with Crippen molar-refractivity contribution in [3.63, 3.8) is 0 Å². The van der Waals surface area contributed by atoms with E-state index in [0.717, 1.165) is 41.8 Å². The maximum atomic E-state index is 5.08. The topological polar surface area (TPSA) is 57.2 Å². The molecular formula is C15H19N5OS. The van der Waals surface area contributed by atoms with E-state index in [0.29, 0.717) is 0 Å². The van der Waals surface area contributed by atoms with Crippen LogP contribution in [0.2, 0.25) is 0 Å². The largest absolute Gasteiger partial charge is 0.385 e. The minimum atomic E-state index is 0.744. The molecule has 3 aromatic heterocycles. The van der Waals surface area contributed by atoms with Gasteiger partial charge in [0, 0.05) is 37.9 Å². The number of imidazole rings is 1. The van der Waals surface area contributed by atoms with Crippen molar-refractivity contribution in [2.24, 2.45) is 0 Å². The fraction of sp³-hybridized carbons (Fsp3) is 0.400. The van der Waals surface area contributed by atoms with Crippen LogP contribution in [-0.4, -0.2) is 37.9 Å². The molecule has 22 heavy (non-hydrogen) atoms. The summed E-state index contributed by atoms with van der Waals surface area (Å²) in [6.45, 7) is 3.69. The number of aromatic nitrogens is 5. The number of hydrogen-bond acceptors (Lipinski definition) is 5. The number of nitrogens with zero attached hydrogens (tertiary/aromatic N) is 5. The highest BCUT2D eigenvalue weighted by Gasteiger charge is 2.08. The SMILES string of the molecule is COCCCn1cnnc1SCc1cn2c(C)cccc2n1. The van der Waals surface area contributed by atoms with Crippen LogP contribution in [0.1, 0.15) is 17.8 Å². The lowest BCUT2D eigenvalue weighted by Crippen LogP contribution is -2.02. The summed E-state index contributed by atoms with van der Waals surface area (Å²) in [7, 11) is 1.72. The summed E-state index contributed by atoms with van der Waals surface area (Å²) in [4.78, 5) is 4.64. The molecule has 116 valence electrons. The van der Waals surface area contributed by atoms with E-state index in [-0.39, 0.29) is 0 Å². The smallest absolute Gasteiger partial charge is 0.191 e. The summed E-state index contributed by atoms with van der Waals surface area (Å²) < 4.78 is 9.25. The van der Waals surface area contributed by atoms with Gasteiger partial charge in [-0.15, -0.1) is 10.2 Å². The number of methoxy groups -OCH3 is 1. The van der Waals surface area contributed by atoms with E-state index in [9.17, 15) is 0 Å². The Morgan fingerprint density at radius 3 is 3.05 bits per heavy atom. The summed E-state index contributed by atoms with van der Waals surface area (Å²) in [5, 5.41) is 9.10. The zero-order valence-corrected chi connectivity index (χ0v) is 13.6. The molecule has 0 atom stereocenters. The molecule has 0 amide bonds. The molecule has 3 heterocycles. The van der Waals surface area contributed by atoms with Crippen LogP contribution in [0.3, 0.4) is 0 Å². The lowest BCUT2D eigenvalue weighted by Gasteiger charge is -2.04. The highest BCUT2D eigenvalue weighted by molar-refractivity contribution is 7.98. The molecule has 0 unspecified atom stereocenters. The van der Waals surface area contributed by atoms with Crippen molar-refractivity contribution in [2.75, 3.05) is 13.7 Å². The van der Waals surface area contributed by atoms with Crippen molar-refractivity contribution in [3.8, 4) is 0 Å². The molecule has 0 spiro atoms. The maximum absolute atomic E-state index is 5.08. The summed E-state index contributed by atoms with van der Waals surface area (Å²) in [5.41, 5.74) is 3.21. The monoisotopic (exact) mass is 317 g/mol. The third kappa shape index (κ3) is 3.31. The second-order valence-electron chi connectivity index (χ2n) is 5.07. The van der Waals surface area contributed by atoms with Gasteiger partial charge < -0.3 is 13.7 Å². The molecule has 0 saturated heterocycles. The Morgan fingerprint density at radius 1 is 1.32 bits per heavy atom. The Kier molecular flexibility index (Phi) is 4.74. The lowest BCUT2D eigenvalue weighted by molar-refractivity contribution is 0.189. The van der Waals surface area contributed by atoms with Crippen LogP contribution in [0.4, 0.5) is 0 Å². The van der Waals surface area contributed by atoms with Crippen molar-refractivity contribution in [1.29, 1.82) is 0 Å². The highest BCUT2D eigenvalue weighted by Crippen LogP contribution is 2.21. The molecule has 3 aromatic rings. The van der Waals surface area contributed by atoms with Gasteiger partial charge in [0.2, 0.25) is 0 Å². The van der Waals surface area contributed by atoms with Gasteiger partial charge in [0.05, 0.1) is 5.69 Å². The summed E-state index contributed by atoms with van der Waals surface area (Å²) in [6, 6.07) is 6.13. The van der Waals surface area contributed by atoms with Crippen molar-refractivity contribution in [3.05, 3.63) is 42.1 Å². The summed E-state index contributed by atoms with van der Waals surface area (Å²) in [5.74, 6) is 0.782. The predicted octanol–water partition coefficient (Wildman–Crippen LogP) is 2.56. The molecule has 0 aliphatic carbocycles. The Bertz CT molecular complexity index is 751. The lowest BCUT2D eigenvalue weighted by atomic mass is 10.4. The average Bonchev–Trinajstić information content (AvgIpc) is 3.12. The first-order valence-corrected chi connectivity index (χ1v) is 8.19. The molecule has 0 fully saturated rings. The molecule has 0 N–H and O–H groups in total. The number of pyridine rings is 1. The average molecular weight is 317 g/mol. The molecule has 0 aliphatic heterocycles. The number of aryl methyl sites for hydroxylation is 2. The Balaban J connectivity index is 1.66. The van der Waals surface area contributed by atoms with E-state index < -0.39 is 0 Å². The minimum absolute atomic E-state index is 0.744. The van der Waals surface area contributed by atoms with Gasteiger partial charge in [-0.3, -0.25) is 0 Å². The molecule has 3 rings (SSSR count). The molecule has 0 radical (unpaired) electrons. The van der Waals surface area contributed by atoms with Crippen molar-refractivity contribution in [1.82, 2.24) is 24.1 Å². The molecule has 6 nitrogen and oxygen atoms in total. The van der Waals surface area contributed by atoms with Crippen LogP contribution in [0.15, 0.2) is 35.9 Å². The van der Waals surface area contributed by atoms with E-state index in [1.807, 2.05) is 12.1 Å². The number of hydrogen-bond donors (Lipinski definition) is 0. The zero-order chi connectivity index (χ0) is 15.4. The maximum Gasteiger partial charge on any atom is 0.191 e. The van der Waals surface area contributed by atoms with Crippen LogP contribution in [0.5, 0.6) is 0 Å². The predicted molar refractivity (Wildman–Crippen MR) is 86.0 cm³/mol. The first kappa shape index (κ1) is 15.1. The van der Waals surface area contributed by atoms with E-state index >= 15 is 0 Å². The molecule has 0 aromatic carbocycles. The Morgan fingerprint density at radius 2 is 2.23 bits per heavy atom. The number of ether oxygens (including phenoxy) is 1. The van der Waals surface area contributed by atoms with Gasteiger partial charge in [0.25, 0.3) is 0 Å².